The number of nitrogens with one attached hydrogen (secondary N) is 1. The summed E-state index contributed by atoms with van der Waals surface area (Å²) in [6.45, 7) is 3.98. The molecule has 0 aliphatic rings. The van der Waals surface area contributed by atoms with E-state index < -0.39 is 0 Å². The first-order chi connectivity index (χ1) is 14.6. The molecule has 0 aliphatic carbocycles. The number of phenolic OH excluding ortho intramolecular Hbond substituents is 1. The Bertz CT molecular complexity index is 1190. The fraction of sp³-hybridized carbons (Fsp3) is 0.0800. The normalized spacial score (nSPS) is 11.0. The topological polar surface area (TPSA) is 70.4 Å². The Morgan fingerprint density at radius 1 is 0.800 bits per heavy atom. The van der Waals surface area contributed by atoms with Gasteiger partial charge in [0.25, 0.3) is 0 Å². The van der Waals surface area contributed by atoms with Crippen molar-refractivity contribution in [3.8, 4) is 28.3 Å². The highest BCUT2D eigenvalue weighted by Crippen LogP contribution is 2.25. The molecule has 0 saturated heterocycles. The third kappa shape index (κ3) is 4.52. The minimum absolute atomic E-state index is 0.235. The fourth-order valence-electron chi connectivity index (χ4n) is 3.09. The smallest absolute Gasteiger partial charge is 0.244 e. The zero-order valence-corrected chi connectivity index (χ0v) is 16.9. The maximum atomic E-state index is 9.56. The van der Waals surface area contributed by atoms with Crippen LogP contribution in [0.1, 0.15) is 16.7 Å². The van der Waals surface area contributed by atoms with Crippen LogP contribution in [0.15, 0.2) is 84.0 Å². The Hall–Kier alpha value is -3.99. The second kappa shape index (κ2) is 8.57. The first-order valence-electron chi connectivity index (χ1n) is 9.69. The monoisotopic (exact) mass is 394 g/mol. The largest absolute Gasteiger partial charge is 0.508 e. The van der Waals surface area contributed by atoms with Gasteiger partial charge in [-0.05, 0) is 49.2 Å². The number of phenols is 1. The van der Waals surface area contributed by atoms with Gasteiger partial charge in [0, 0.05) is 11.1 Å². The number of anilines is 1. The summed E-state index contributed by atoms with van der Waals surface area (Å²) in [6, 6.07) is 25.4. The van der Waals surface area contributed by atoms with Crippen molar-refractivity contribution in [1.82, 2.24) is 9.97 Å². The SMILES string of the molecule is Cc1ccc(-c2cc(-c3ccccc3)nc(NN=Cc3ccc(O)cc3C)n2)cc1. The molecule has 0 radical (unpaired) electrons. The van der Waals surface area contributed by atoms with E-state index in [1.165, 1.54) is 5.56 Å². The van der Waals surface area contributed by atoms with E-state index in [4.69, 9.17) is 0 Å². The van der Waals surface area contributed by atoms with Crippen LogP contribution in [0.2, 0.25) is 0 Å². The maximum Gasteiger partial charge on any atom is 0.244 e. The van der Waals surface area contributed by atoms with Gasteiger partial charge in [-0.1, -0.05) is 60.2 Å². The lowest BCUT2D eigenvalue weighted by Gasteiger charge is -2.09. The Kier molecular flexibility index (Phi) is 5.52. The molecule has 0 unspecified atom stereocenters. The predicted octanol–water partition coefficient (Wildman–Crippen LogP) is 5.58. The van der Waals surface area contributed by atoms with Gasteiger partial charge in [0.2, 0.25) is 5.95 Å². The average molecular weight is 394 g/mol. The summed E-state index contributed by atoms with van der Waals surface area (Å²) in [4.78, 5) is 9.29. The van der Waals surface area contributed by atoms with E-state index in [-0.39, 0.29) is 5.75 Å². The summed E-state index contributed by atoms with van der Waals surface area (Å²) in [5.74, 6) is 0.652. The van der Waals surface area contributed by atoms with E-state index in [1.54, 1.807) is 18.3 Å². The third-order valence-corrected chi connectivity index (χ3v) is 4.76. The molecule has 5 heteroatoms. The van der Waals surface area contributed by atoms with Crippen LogP contribution in [0.3, 0.4) is 0 Å². The zero-order valence-electron chi connectivity index (χ0n) is 16.9. The fourth-order valence-corrected chi connectivity index (χ4v) is 3.09. The minimum atomic E-state index is 0.235. The van der Waals surface area contributed by atoms with Gasteiger partial charge in [0.1, 0.15) is 5.75 Å². The number of hydrogen-bond donors (Lipinski definition) is 2. The zero-order chi connectivity index (χ0) is 20.9. The molecule has 0 atom stereocenters. The van der Waals surface area contributed by atoms with Crippen molar-refractivity contribution in [2.24, 2.45) is 5.10 Å². The van der Waals surface area contributed by atoms with E-state index in [9.17, 15) is 5.11 Å². The van der Waals surface area contributed by atoms with Gasteiger partial charge in [0.15, 0.2) is 0 Å². The quantitative estimate of drug-likeness (QED) is 0.342. The van der Waals surface area contributed by atoms with Gasteiger partial charge in [-0.2, -0.15) is 5.10 Å². The van der Waals surface area contributed by atoms with Crippen LogP contribution < -0.4 is 5.43 Å². The lowest BCUT2D eigenvalue weighted by atomic mass is 10.1. The van der Waals surface area contributed by atoms with Gasteiger partial charge < -0.3 is 5.11 Å². The molecule has 0 spiro atoms. The molecular formula is C25H22N4O. The van der Waals surface area contributed by atoms with E-state index >= 15 is 0 Å². The van der Waals surface area contributed by atoms with Crippen molar-refractivity contribution in [2.75, 3.05) is 5.43 Å². The van der Waals surface area contributed by atoms with E-state index in [0.717, 1.165) is 33.6 Å². The van der Waals surface area contributed by atoms with Gasteiger partial charge in [0.05, 0.1) is 17.6 Å². The van der Waals surface area contributed by atoms with E-state index in [2.05, 4.69) is 51.7 Å². The molecule has 2 N–H and O–H groups in total. The number of benzene rings is 3. The number of aryl methyl sites for hydroxylation is 2. The molecule has 4 rings (SSSR count). The highest BCUT2D eigenvalue weighted by atomic mass is 16.3. The first-order valence-corrected chi connectivity index (χ1v) is 9.69. The summed E-state index contributed by atoms with van der Waals surface area (Å²) in [6.07, 6.45) is 1.69. The Morgan fingerprint density at radius 2 is 1.47 bits per heavy atom. The molecule has 0 aliphatic heterocycles. The highest BCUT2D eigenvalue weighted by Gasteiger charge is 2.08. The number of nitrogens with zero attached hydrogens (tertiary/aromatic N) is 3. The Morgan fingerprint density at radius 3 is 2.13 bits per heavy atom. The van der Waals surface area contributed by atoms with Crippen molar-refractivity contribution in [3.05, 3.63) is 95.6 Å². The second-order valence-electron chi connectivity index (χ2n) is 7.10. The van der Waals surface area contributed by atoms with Gasteiger partial charge in [-0.3, -0.25) is 0 Å². The lowest BCUT2D eigenvalue weighted by molar-refractivity contribution is 0.475. The molecule has 3 aromatic carbocycles. The Balaban J connectivity index is 1.68. The standard InChI is InChI=1S/C25H22N4O/c1-17-8-10-20(11-9-17)24-15-23(19-6-4-3-5-7-19)27-25(28-24)29-26-16-21-12-13-22(30)14-18(21)2/h3-16,30H,1-2H3,(H,27,28,29). The number of aromatic hydroxyl groups is 1. The summed E-state index contributed by atoms with van der Waals surface area (Å²) in [7, 11) is 0. The molecule has 0 amide bonds. The molecule has 0 saturated carbocycles. The van der Waals surface area contributed by atoms with E-state index in [1.807, 2.05) is 49.4 Å². The van der Waals surface area contributed by atoms with Crippen LogP contribution in [-0.2, 0) is 0 Å². The summed E-state index contributed by atoms with van der Waals surface area (Å²) < 4.78 is 0. The van der Waals surface area contributed by atoms with E-state index in [0.29, 0.717) is 5.95 Å². The molecule has 5 nitrogen and oxygen atoms in total. The molecule has 1 heterocycles. The van der Waals surface area contributed by atoms with Crippen molar-refractivity contribution in [2.45, 2.75) is 13.8 Å². The van der Waals surface area contributed by atoms with Crippen LogP contribution in [0.5, 0.6) is 5.75 Å². The van der Waals surface area contributed by atoms with Crippen LogP contribution in [0.4, 0.5) is 5.95 Å². The number of hydrogen-bond acceptors (Lipinski definition) is 5. The van der Waals surface area contributed by atoms with Crippen molar-refractivity contribution in [1.29, 1.82) is 0 Å². The molecule has 1 aromatic heterocycles. The van der Waals surface area contributed by atoms with Gasteiger partial charge in [-0.15, -0.1) is 0 Å². The van der Waals surface area contributed by atoms with Crippen LogP contribution in [-0.4, -0.2) is 21.3 Å². The number of aromatic nitrogens is 2. The molecule has 30 heavy (non-hydrogen) atoms. The van der Waals surface area contributed by atoms with Crippen molar-refractivity contribution < 1.29 is 5.11 Å². The molecule has 148 valence electrons. The number of hydrazone groups is 1. The summed E-state index contributed by atoms with van der Waals surface area (Å²) in [5.41, 5.74) is 9.65. The molecule has 0 fully saturated rings. The molecular weight excluding hydrogens is 372 g/mol. The summed E-state index contributed by atoms with van der Waals surface area (Å²) >= 11 is 0. The second-order valence-corrected chi connectivity index (χ2v) is 7.10. The van der Waals surface area contributed by atoms with Crippen LogP contribution >= 0.6 is 0 Å². The summed E-state index contributed by atoms with van der Waals surface area (Å²) in [5, 5.41) is 13.9. The first kappa shape index (κ1) is 19.3. The maximum absolute atomic E-state index is 9.56. The lowest BCUT2D eigenvalue weighted by Crippen LogP contribution is -2.00. The average Bonchev–Trinajstić information content (AvgIpc) is 2.76. The van der Waals surface area contributed by atoms with Crippen LogP contribution in [0.25, 0.3) is 22.5 Å². The predicted molar refractivity (Wildman–Crippen MR) is 122 cm³/mol. The molecule has 4 aromatic rings. The van der Waals surface area contributed by atoms with Crippen LogP contribution in [0, 0.1) is 13.8 Å². The van der Waals surface area contributed by atoms with Crippen molar-refractivity contribution in [3.63, 3.8) is 0 Å². The third-order valence-electron chi connectivity index (χ3n) is 4.76. The number of rotatable bonds is 5. The van der Waals surface area contributed by atoms with Gasteiger partial charge >= 0.3 is 0 Å². The highest BCUT2D eigenvalue weighted by molar-refractivity contribution is 5.82. The Labute approximate surface area is 175 Å². The minimum Gasteiger partial charge on any atom is -0.508 e. The van der Waals surface area contributed by atoms with Crippen molar-refractivity contribution >= 4 is 12.2 Å². The van der Waals surface area contributed by atoms with Gasteiger partial charge in [-0.25, -0.2) is 15.4 Å². The molecule has 0 bridgehead atoms.